The SMILES string of the molecule is CCOc1ccccc1N(CC(=O)Nc1ccc(CC)cc1)S(=O)(=O)c1ccccc1. The molecule has 0 saturated carbocycles. The number of ether oxygens (including phenoxy) is 1. The Bertz CT molecular complexity index is 1110. The van der Waals surface area contributed by atoms with E-state index in [1.807, 2.05) is 19.1 Å². The van der Waals surface area contributed by atoms with Crippen molar-refractivity contribution in [2.24, 2.45) is 0 Å². The second-order valence-electron chi connectivity index (χ2n) is 6.82. The summed E-state index contributed by atoms with van der Waals surface area (Å²) in [5.41, 5.74) is 2.07. The predicted molar refractivity (Wildman–Crippen MR) is 123 cm³/mol. The maximum Gasteiger partial charge on any atom is 0.264 e. The molecule has 3 aromatic rings. The summed E-state index contributed by atoms with van der Waals surface area (Å²) in [4.78, 5) is 12.9. The van der Waals surface area contributed by atoms with E-state index >= 15 is 0 Å². The average Bonchev–Trinajstić information content (AvgIpc) is 2.79. The molecule has 0 heterocycles. The van der Waals surface area contributed by atoms with Crippen molar-refractivity contribution in [2.45, 2.75) is 25.2 Å². The fraction of sp³-hybridized carbons (Fsp3) is 0.208. The summed E-state index contributed by atoms with van der Waals surface area (Å²) >= 11 is 0. The van der Waals surface area contributed by atoms with Crippen LogP contribution < -0.4 is 14.4 Å². The number of anilines is 2. The van der Waals surface area contributed by atoms with E-state index in [1.54, 1.807) is 54.6 Å². The molecular formula is C24H26N2O4S. The summed E-state index contributed by atoms with van der Waals surface area (Å²) in [7, 11) is -4.00. The van der Waals surface area contributed by atoms with E-state index in [2.05, 4.69) is 12.2 Å². The molecule has 0 saturated heterocycles. The second-order valence-corrected chi connectivity index (χ2v) is 8.69. The van der Waals surface area contributed by atoms with E-state index in [0.717, 1.165) is 16.3 Å². The molecule has 0 fully saturated rings. The van der Waals surface area contributed by atoms with Gasteiger partial charge in [0.05, 0.1) is 17.2 Å². The van der Waals surface area contributed by atoms with E-state index in [9.17, 15) is 13.2 Å². The smallest absolute Gasteiger partial charge is 0.264 e. The first-order valence-electron chi connectivity index (χ1n) is 10.1. The third kappa shape index (κ3) is 5.44. The van der Waals surface area contributed by atoms with Gasteiger partial charge in [0.15, 0.2) is 0 Å². The predicted octanol–water partition coefficient (Wildman–Crippen LogP) is 4.48. The molecular weight excluding hydrogens is 412 g/mol. The van der Waals surface area contributed by atoms with Crippen molar-refractivity contribution >= 4 is 27.3 Å². The van der Waals surface area contributed by atoms with Gasteiger partial charge in [-0.05, 0) is 55.3 Å². The quantitative estimate of drug-likeness (QED) is 0.534. The fourth-order valence-corrected chi connectivity index (χ4v) is 4.57. The number of hydrogen-bond donors (Lipinski definition) is 1. The minimum absolute atomic E-state index is 0.0985. The highest BCUT2D eigenvalue weighted by atomic mass is 32.2. The van der Waals surface area contributed by atoms with E-state index in [4.69, 9.17) is 4.74 Å². The standard InChI is InChI=1S/C24H26N2O4S/c1-3-19-14-16-20(17-15-19)25-24(27)18-26(22-12-8-9-13-23(22)30-4-2)31(28,29)21-10-6-5-7-11-21/h5-17H,3-4,18H2,1-2H3,(H,25,27). The first-order valence-corrected chi connectivity index (χ1v) is 11.6. The van der Waals surface area contributed by atoms with Crippen molar-refractivity contribution < 1.29 is 17.9 Å². The number of sulfonamides is 1. The summed E-state index contributed by atoms with van der Waals surface area (Å²) in [6.07, 6.45) is 0.894. The topological polar surface area (TPSA) is 75.7 Å². The van der Waals surface area contributed by atoms with E-state index in [0.29, 0.717) is 23.7 Å². The van der Waals surface area contributed by atoms with Crippen molar-refractivity contribution in [1.29, 1.82) is 0 Å². The first-order chi connectivity index (χ1) is 15.0. The van der Waals surface area contributed by atoms with Gasteiger partial charge in [0.1, 0.15) is 12.3 Å². The molecule has 3 rings (SSSR count). The maximum absolute atomic E-state index is 13.5. The number of rotatable bonds is 9. The molecule has 0 radical (unpaired) electrons. The van der Waals surface area contributed by atoms with Crippen LogP contribution in [0.15, 0.2) is 83.8 Å². The largest absolute Gasteiger partial charge is 0.492 e. The molecule has 1 N–H and O–H groups in total. The van der Waals surface area contributed by atoms with Crippen LogP contribution in [0.4, 0.5) is 11.4 Å². The number of aryl methyl sites for hydroxylation is 1. The van der Waals surface area contributed by atoms with Gasteiger partial charge in [-0.2, -0.15) is 0 Å². The van der Waals surface area contributed by atoms with Crippen LogP contribution in [0.1, 0.15) is 19.4 Å². The Morgan fingerprint density at radius 1 is 0.903 bits per heavy atom. The van der Waals surface area contributed by atoms with Gasteiger partial charge < -0.3 is 10.1 Å². The molecule has 0 aliphatic rings. The Balaban J connectivity index is 1.95. The number of benzene rings is 3. The molecule has 0 atom stereocenters. The lowest BCUT2D eigenvalue weighted by Crippen LogP contribution is -2.38. The Kier molecular flexibility index (Phi) is 7.31. The Labute approximate surface area is 183 Å². The first kappa shape index (κ1) is 22.4. The molecule has 0 unspecified atom stereocenters. The molecule has 0 bridgehead atoms. The summed E-state index contributed by atoms with van der Waals surface area (Å²) in [5, 5.41) is 2.78. The van der Waals surface area contributed by atoms with Crippen molar-refractivity contribution in [1.82, 2.24) is 0 Å². The lowest BCUT2D eigenvalue weighted by molar-refractivity contribution is -0.114. The Hall–Kier alpha value is -3.32. The zero-order chi connectivity index (χ0) is 22.3. The van der Waals surface area contributed by atoms with Crippen molar-refractivity contribution in [3.05, 3.63) is 84.4 Å². The summed E-state index contributed by atoms with van der Waals surface area (Å²) in [6, 6.07) is 22.3. The molecule has 31 heavy (non-hydrogen) atoms. The van der Waals surface area contributed by atoms with E-state index in [-0.39, 0.29) is 4.90 Å². The summed E-state index contributed by atoms with van der Waals surface area (Å²) < 4.78 is 33.6. The minimum atomic E-state index is -4.00. The lowest BCUT2D eigenvalue weighted by Gasteiger charge is -2.26. The monoisotopic (exact) mass is 438 g/mol. The van der Waals surface area contributed by atoms with Crippen molar-refractivity contribution in [3.8, 4) is 5.75 Å². The molecule has 6 nitrogen and oxygen atoms in total. The molecule has 0 aliphatic carbocycles. The van der Waals surface area contributed by atoms with Gasteiger partial charge in [-0.3, -0.25) is 9.10 Å². The van der Waals surface area contributed by atoms with Gasteiger partial charge in [-0.25, -0.2) is 8.42 Å². The Morgan fingerprint density at radius 3 is 2.19 bits per heavy atom. The Morgan fingerprint density at radius 2 is 1.55 bits per heavy atom. The lowest BCUT2D eigenvalue weighted by atomic mass is 10.1. The van der Waals surface area contributed by atoms with Crippen LogP contribution in [-0.2, 0) is 21.2 Å². The average molecular weight is 439 g/mol. The van der Waals surface area contributed by atoms with Crippen LogP contribution in [0.5, 0.6) is 5.75 Å². The van der Waals surface area contributed by atoms with Crippen molar-refractivity contribution in [2.75, 3.05) is 22.8 Å². The van der Waals surface area contributed by atoms with Crippen LogP contribution in [-0.4, -0.2) is 27.5 Å². The zero-order valence-corrected chi connectivity index (χ0v) is 18.4. The number of hydrogen-bond acceptors (Lipinski definition) is 4. The second kappa shape index (κ2) is 10.1. The van der Waals surface area contributed by atoms with Gasteiger partial charge in [0.25, 0.3) is 10.0 Å². The molecule has 1 amide bonds. The summed E-state index contributed by atoms with van der Waals surface area (Å²) in [5.74, 6) is -0.0559. The molecule has 3 aromatic carbocycles. The van der Waals surface area contributed by atoms with Crippen LogP contribution in [0.25, 0.3) is 0 Å². The third-order valence-electron chi connectivity index (χ3n) is 4.70. The number of para-hydroxylation sites is 2. The van der Waals surface area contributed by atoms with Crippen LogP contribution >= 0.6 is 0 Å². The highest BCUT2D eigenvalue weighted by molar-refractivity contribution is 7.92. The number of amides is 1. The zero-order valence-electron chi connectivity index (χ0n) is 17.6. The number of nitrogens with zero attached hydrogens (tertiary/aromatic N) is 1. The normalized spacial score (nSPS) is 11.0. The number of carbonyl (C=O) groups excluding carboxylic acids is 1. The number of nitrogens with one attached hydrogen (secondary N) is 1. The van der Waals surface area contributed by atoms with Gasteiger partial charge in [-0.15, -0.1) is 0 Å². The van der Waals surface area contributed by atoms with Crippen molar-refractivity contribution in [3.63, 3.8) is 0 Å². The molecule has 0 aromatic heterocycles. The maximum atomic E-state index is 13.5. The van der Waals surface area contributed by atoms with Crippen LogP contribution in [0.3, 0.4) is 0 Å². The van der Waals surface area contributed by atoms with Gasteiger partial charge in [0, 0.05) is 5.69 Å². The van der Waals surface area contributed by atoms with Crippen LogP contribution in [0.2, 0.25) is 0 Å². The van der Waals surface area contributed by atoms with Gasteiger partial charge >= 0.3 is 0 Å². The molecule has 0 aliphatic heterocycles. The van der Waals surface area contributed by atoms with Gasteiger partial charge in [-0.1, -0.05) is 49.4 Å². The third-order valence-corrected chi connectivity index (χ3v) is 6.47. The highest BCUT2D eigenvalue weighted by Crippen LogP contribution is 2.32. The minimum Gasteiger partial charge on any atom is -0.492 e. The summed E-state index contributed by atoms with van der Waals surface area (Å²) in [6.45, 7) is 3.85. The molecule has 7 heteroatoms. The molecule has 0 spiro atoms. The van der Waals surface area contributed by atoms with Crippen LogP contribution in [0, 0.1) is 0 Å². The van der Waals surface area contributed by atoms with E-state index in [1.165, 1.54) is 12.1 Å². The van der Waals surface area contributed by atoms with E-state index < -0.39 is 22.5 Å². The fourth-order valence-electron chi connectivity index (χ4n) is 3.11. The highest BCUT2D eigenvalue weighted by Gasteiger charge is 2.29. The van der Waals surface area contributed by atoms with Gasteiger partial charge in [0.2, 0.25) is 5.91 Å². The number of carbonyl (C=O) groups is 1. The molecule has 162 valence electrons.